The Morgan fingerprint density at radius 1 is 1.05 bits per heavy atom. The molecular formula is C12H13ClF7N. The summed E-state index contributed by atoms with van der Waals surface area (Å²) in [5.41, 5.74) is 1.16. The van der Waals surface area contributed by atoms with E-state index < -0.39 is 40.9 Å². The highest BCUT2D eigenvalue weighted by Gasteiger charge is 2.40. The minimum Gasteiger partial charge on any atom is -0.324 e. The third-order valence-corrected chi connectivity index (χ3v) is 2.73. The molecule has 1 rings (SSSR count). The SMILES string of the molecule is CCC[C@@H](N)c1c(F)cc(C(F)(F)F)cc1C(F)(F)F.Cl. The van der Waals surface area contributed by atoms with Gasteiger partial charge in [0.15, 0.2) is 0 Å². The predicted molar refractivity (Wildman–Crippen MR) is 65.5 cm³/mol. The van der Waals surface area contributed by atoms with E-state index in [0.29, 0.717) is 6.42 Å². The van der Waals surface area contributed by atoms with Gasteiger partial charge in [-0.05, 0) is 18.6 Å². The summed E-state index contributed by atoms with van der Waals surface area (Å²) in [4.78, 5) is 0. The van der Waals surface area contributed by atoms with E-state index in [4.69, 9.17) is 5.73 Å². The lowest BCUT2D eigenvalue weighted by Gasteiger charge is -2.20. The van der Waals surface area contributed by atoms with Crippen molar-refractivity contribution in [3.05, 3.63) is 34.6 Å². The molecule has 0 heterocycles. The molecular weight excluding hydrogens is 327 g/mol. The molecule has 0 spiro atoms. The normalized spacial score (nSPS) is 13.8. The Bertz CT molecular complexity index is 482. The van der Waals surface area contributed by atoms with Crippen molar-refractivity contribution < 1.29 is 30.7 Å². The molecule has 122 valence electrons. The highest BCUT2D eigenvalue weighted by Crippen LogP contribution is 2.40. The van der Waals surface area contributed by atoms with Crippen molar-refractivity contribution in [1.82, 2.24) is 0 Å². The van der Waals surface area contributed by atoms with Crippen LogP contribution in [-0.4, -0.2) is 0 Å². The molecule has 1 atom stereocenters. The van der Waals surface area contributed by atoms with Gasteiger partial charge in [-0.25, -0.2) is 4.39 Å². The van der Waals surface area contributed by atoms with Crippen LogP contribution in [0.15, 0.2) is 12.1 Å². The van der Waals surface area contributed by atoms with Crippen molar-refractivity contribution in [2.45, 2.75) is 38.2 Å². The topological polar surface area (TPSA) is 26.0 Å². The maximum atomic E-state index is 13.7. The van der Waals surface area contributed by atoms with Crippen LogP contribution in [0.5, 0.6) is 0 Å². The van der Waals surface area contributed by atoms with E-state index in [-0.39, 0.29) is 31.0 Å². The van der Waals surface area contributed by atoms with Crippen molar-refractivity contribution >= 4 is 12.4 Å². The molecule has 0 bridgehead atoms. The van der Waals surface area contributed by atoms with Gasteiger partial charge in [-0.1, -0.05) is 13.3 Å². The molecule has 9 heteroatoms. The number of benzene rings is 1. The second-order valence-corrected chi connectivity index (χ2v) is 4.31. The number of rotatable bonds is 3. The molecule has 0 aromatic heterocycles. The lowest BCUT2D eigenvalue weighted by Crippen LogP contribution is -2.21. The molecule has 1 aromatic carbocycles. The average Bonchev–Trinajstić information content (AvgIpc) is 2.25. The highest BCUT2D eigenvalue weighted by molar-refractivity contribution is 5.85. The van der Waals surface area contributed by atoms with Gasteiger partial charge in [0.05, 0.1) is 11.1 Å². The van der Waals surface area contributed by atoms with Gasteiger partial charge in [0.2, 0.25) is 0 Å². The number of nitrogens with two attached hydrogens (primary N) is 1. The van der Waals surface area contributed by atoms with Gasteiger partial charge < -0.3 is 5.73 Å². The van der Waals surface area contributed by atoms with Gasteiger partial charge in [0, 0.05) is 11.6 Å². The summed E-state index contributed by atoms with van der Waals surface area (Å²) >= 11 is 0. The first-order valence-corrected chi connectivity index (χ1v) is 5.71. The summed E-state index contributed by atoms with van der Waals surface area (Å²) < 4.78 is 89.4. The Morgan fingerprint density at radius 3 is 1.95 bits per heavy atom. The Balaban J connectivity index is 0.00000400. The zero-order valence-corrected chi connectivity index (χ0v) is 11.6. The summed E-state index contributed by atoms with van der Waals surface area (Å²) in [6, 6.07) is -1.37. The van der Waals surface area contributed by atoms with E-state index in [1.54, 1.807) is 6.92 Å². The number of hydrogen-bond donors (Lipinski definition) is 1. The minimum atomic E-state index is -5.11. The van der Waals surface area contributed by atoms with E-state index in [1.807, 2.05) is 0 Å². The standard InChI is InChI=1S/C12H12F7N.ClH/c1-2-3-9(20)10-7(12(17,18)19)4-6(5-8(10)13)11(14,15)16;/h4-5,9H,2-3,20H2,1H3;1H/t9-;/m1./s1. The van der Waals surface area contributed by atoms with Gasteiger partial charge in [-0.3, -0.25) is 0 Å². The molecule has 0 aliphatic carbocycles. The van der Waals surface area contributed by atoms with Crippen LogP contribution in [0.4, 0.5) is 30.7 Å². The van der Waals surface area contributed by atoms with Gasteiger partial charge in [0.25, 0.3) is 0 Å². The second-order valence-electron chi connectivity index (χ2n) is 4.31. The Morgan fingerprint density at radius 2 is 1.57 bits per heavy atom. The Kier molecular flexibility index (Phi) is 6.50. The predicted octanol–water partition coefficient (Wildman–Crippen LogP) is 5.09. The first-order chi connectivity index (χ1) is 8.98. The lowest BCUT2D eigenvalue weighted by molar-refractivity contribution is -0.144. The summed E-state index contributed by atoms with van der Waals surface area (Å²) in [5, 5.41) is 0. The minimum absolute atomic E-state index is 0. The molecule has 0 radical (unpaired) electrons. The fourth-order valence-corrected chi connectivity index (χ4v) is 1.85. The molecule has 0 saturated heterocycles. The fourth-order valence-electron chi connectivity index (χ4n) is 1.85. The van der Waals surface area contributed by atoms with Crippen LogP contribution >= 0.6 is 12.4 Å². The zero-order valence-electron chi connectivity index (χ0n) is 10.8. The third kappa shape index (κ3) is 4.74. The molecule has 0 amide bonds. The van der Waals surface area contributed by atoms with E-state index in [2.05, 4.69) is 0 Å². The summed E-state index contributed by atoms with van der Waals surface area (Å²) in [6.45, 7) is 1.62. The van der Waals surface area contributed by atoms with Crippen molar-refractivity contribution in [2.24, 2.45) is 5.73 Å². The Labute approximate surface area is 122 Å². The molecule has 0 aliphatic heterocycles. The van der Waals surface area contributed by atoms with Crippen molar-refractivity contribution in [3.63, 3.8) is 0 Å². The van der Waals surface area contributed by atoms with Crippen LogP contribution in [0.25, 0.3) is 0 Å². The molecule has 21 heavy (non-hydrogen) atoms. The van der Waals surface area contributed by atoms with E-state index in [0.717, 1.165) is 0 Å². The van der Waals surface area contributed by atoms with Crippen molar-refractivity contribution in [2.75, 3.05) is 0 Å². The second kappa shape index (κ2) is 6.83. The molecule has 0 aliphatic rings. The summed E-state index contributed by atoms with van der Waals surface area (Å²) in [6.07, 6.45) is -9.76. The van der Waals surface area contributed by atoms with Crippen LogP contribution < -0.4 is 5.73 Å². The van der Waals surface area contributed by atoms with Gasteiger partial charge in [0.1, 0.15) is 5.82 Å². The summed E-state index contributed by atoms with van der Waals surface area (Å²) in [5.74, 6) is -1.59. The Hall–Kier alpha value is -1.02. The third-order valence-electron chi connectivity index (χ3n) is 2.73. The number of halogens is 8. The average molecular weight is 340 g/mol. The molecule has 0 fully saturated rings. The molecule has 1 nitrogen and oxygen atoms in total. The lowest BCUT2D eigenvalue weighted by atomic mass is 9.94. The molecule has 0 saturated carbocycles. The van der Waals surface area contributed by atoms with Crippen LogP contribution in [0.3, 0.4) is 0 Å². The van der Waals surface area contributed by atoms with Crippen LogP contribution in [0, 0.1) is 5.82 Å². The van der Waals surface area contributed by atoms with Crippen molar-refractivity contribution in [1.29, 1.82) is 0 Å². The maximum Gasteiger partial charge on any atom is 0.416 e. The maximum absolute atomic E-state index is 13.7. The van der Waals surface area contributed by atoms with Crippen LogP contribution in [0.1, 0.15) is 42.5 Å². The monoisotopic (exact) mass is 339 g/mol. The first-order valence-electron chi connectivity index (χ1n) is 5.71. The zero-order chi connectivity index (χ0) is 15.7. The van der Waals surface area contributed by atoms with Crippen LogP contribution in [-0.2, 0) is 12.4 Å². The first kappa shape index (κ1) is 20.0. The van der Waals surface area contributed by atoms with E-state index in [9.17, 15) is 30.7 Å². The quantitative estimate of drug-likeness (QED) is 0.763. The largest absolute Gasteiger partial charge is 0.416 e. The molecule has 0 unspecified atom stereocenters. The van der Waals surface area contributed by atoms with E-state index in [1.165, 1.54) is 0 Å². The fraction of sp³-hybridized carbons (Fsp3) is 0.500. The van der Waals surface area contributed by atoms with Crippen molar-refractivity contribution in [3.8, 4) is 0 Å². The highest BCUT2D eigenvalue weighted by atomic mass is 35.5. The van der Waals surface area contributed by atoms with E-state index >= 15 is 0 Å². The molecule has 2 N–H and O–H groups in total. The van der Waals surface area contributed by atoms with Gasteiger partial charge in [-0.15, -0.1) is 12.4 Å². The molecule has 1 aromatic rings. The van der Waals surface area contributed by atoms with Gasteiger partial charge in [-0.2, -0.15) is 26.3 Å². The summed E-state index contributed by atoms with van der Waals surface area (Å²) in [7, 11) is 0. The smallest absolute Gasteiger partial charge is 0.324 e. The van der Waals surface area contributed by atoms with Crippen LogP contribution in [0.2, 0.25) is 0 Å². The van der Waals surface area contributed by atoms with Gasteiger partial charge >= 0.3 is 12.4 Å². The number of hydrogen-bond acceptors (Lipinski definition) is 1. The number of alkyl halides is 6.